The third-order valence-electron chi connectivity index (χ3n) is 3.40. The standard InChI is InChI=1S/C16H17O6S3/c1-12-4-8-14(9-5-12)24(19,20)16(23(3,17)18)25(21,22)15-10-6-13(2)7-11-15/h4-11H,1-3H3/q-1. The van der Waals surface area contributed by atoms with Crippen molar-refractivity contribution in [1.82, 2.24) is 0 Å². The molecule has 0 unspecified atom stereocenters. The lowest BCUT2D eigenvalue weighted by Crippen LogP contribution is -2.29. The largest absolute Gasteiger partial charge is 0.260 e. The number of benzene rings is 2. The molecule has 0 bridgehead atoms. The second-order valence-corrected chi connectivity index (χ2v) is 12.2. The SMILES string of the molecule is Cc1ccc(S(=O)(=O)[C-](S(C)(=O)=O)S(=O)(=O)c2ccc(C)cc2)cc1. The maximum absolute atomic E-state index is 12.8. The summed E-state index contributed by atoms with van der Waals surface area (Å²) < 4.78 is 73.8. The molecule has 0 aliphatic carbocycles. The van der Waals surface area contributed by atoms with E-state index < -0.39 is 43.2 Å². The minimum atomic E-state index is -4.75. The molecular formula is C16H17O6S3-. The average Bonchev–Trinajstić information content (AvgIpc) is 2.45. The van der Waals surface area contributed by atoms with Crippen LogP contribution in [0.2, 0.25) is 0 Å². The van der Waals surface area contributed by atoms with E-state index in [1.807, 2.05) is 0 Å². The van der Waals surface area contributed by atoms with Gasteiger partial charge in [-0.05, 0) is 38.1 Å². The predicted molar refractivity (Wildman–Crippen MR) is 94.8 cm³/mol. The van der Waals surface area contributed by atoms with Gasteiger partial charge in [0.05, 0.1) is 33.4 Å². The van der Waals surface area contributed by atoms with E-state index in [0.29, 0.717) is 6.26 Å². The van der Waals surface area contributed by atoms with Crippen molar-refractivity contribution in [2.45, 2.75) is 23.6 Å². The summed E-state index contributed by atoms with van der Waals surface area (Å²) in [4.78, 5) is -0.788. The van der Waals surface area contributed by atoms with Crippen molar-refractivity contribution in [3.8, 4) is 0 Å². The average molecular weight is 402 g/mol. The monoisotopic (exact) mass is 401 g/mol. The molecule has 0 heterocycles. The molecule has 0 aliphatic heterocycles. The van der Waals surface area contributed by atoms with Gasteiger partial charge < -0.3 is 0 Å². The maximum atomic E-state index is 12.8. The molecule has 0 fully saturated rings. The maximum Gasteiger partial charge on any atom is 0.0828 e. The normalized spacial score (nSPS) is 13.1. The lowest BCUT2D eigenvalue weighted by Gasteiger charge is -2.28. The fourth-order valence-corrected chi connectivity index (χ4v) is 9.04. The van der Waals surface area contributed by atoms with E-state index in [1.54, 1.807) is 13.8 Å². The van der Waals surface area contributed by atoms with Gasteiger partial charge >= 0.3 is 0 Å². The van der Waals surface area contributed by atoms with Crippen molar-refractivity contribution in [2.24, 2.45) is 0 Å². The highest BCUT2D eigenvalue weighted by Crippen LogP contribution is 2.35. The molecule has 0 spiro atoms. The summed E-state index contributed by atoms with van der Waals surface area (Å²) in [5.41, 5.74) is 1.50. The zero-order valence-electron chi connectivity index (χ0n) is 13.8. The van der Waals surface area contributed by atoms with Crippen molar-refractivity contribution >= 4 is 29.5 Å². The molecule has 0 N–H and O–H groups in total. The zero-order valence-corrected chi connectivity index (χ0v) is 16.2. The molecule has 0 radical (unpaired) electrons. The van der Waals surface area contributed by atoms with E-state index in [-0.39, 0.29) is 0 Å². The third kappa shape index (κ3) is 3.94. The molecule has 136 valence electrons. The summed E-state index contributed by atoms with van der Waals surface area (Å²) in [5.74, 6) is 0. The Morgan fingerprint density at radius 1 is 0.600 bits per heavy atom. The van der Waals surface area contributed by atoms with Crippen LogP contribution in [0.4, 0.5) is 0 Å². The van der Waals surface area contributed by atoms with Crippen LogP contribution in [0, 0.1) is 17.8 Å². The van der Waals surface area contributed by atoms with Crippen LogP contribution in [0.5, 0.6) is 0 Å². The Morgan fingerprint density at radius 3 is 1.12 bits per heavy atom. The first-order valence-electron chi connectivity index (χ1n) is 7.07. The fraction of sp³-hybridized carbons (Fsp3) is 0.188. The van der Waals surface area contributed by atoms with Gasteiger partial charge in [-0.3, -0.25) is 25.3 Å². The minimum Gasteiger partial charge on any atom is -0.260 e. The first-order valence-corrected chi connectivity index (χ1v) is 11.9. The Morgan fingerprint density at radius 2 is 0.880 bits per heavy atom. The smallest absolute Gasteiger partial charge is 0.0828 e. The van der Waals surface area contributed by atoms with Gasteiger partial charge in [-0.25, -0.2) is 0 Å². The van der Waals surface area contributed by atoms with Gasteiger partial charge in [0.1, 0.15) is 0 Å². The molecule has 0 saturated carbocycles. The predicted octanol–water partition coefficient (Wildman–Crippen LogP) is 2.04. The van der Waals surface area contributed by atoms with Gasteiger partial charge in [0.2, 0.25) is 0 Å². The summed E-state index contributed by atoms with van der Waals surface area (Å²) in [5, 5.41) is 0. The quantitative estimate of drug-likeness (QED) is 0.711. The Labute approximate surface area is 148 Å². The molecule has 0 amide bonds. The van der Waals surface area contributed by atoms with Gasteiger partial charge in [0.25, 0.3) is 0 Å². The summed E-state index contributed by atoms with van der Waals surface area (Å²) >= 11 is 0. The van der Waals surface area contributed by atoms with Crippen LogP contribution < -0.4 is 0 Å². The Hall–Kier alpha value is -1.71. The molecule has 0 aliphatic rings. The van der Waals surface area contributed by atoms with E-state index in [1.165, 1.54) is 48.5 Å². The van der Waals surface area contributed by atoms with E-state index in [2.05, 4.69) is 0 Å². The summed E-state index contributed by atoms with van der Waals surface area (Å²) in [7, 11) is -14.1. The van der Waals surface area contributed by atoms with Gasteiger partial charge in [-0.15, -0.1) is 0 Å². The second-order valence-electron chi connectivity index (χ2n) is 5.66. The van der Waals surface area contributed by atoms with E-state index in [9.17, 15) is 25.3 Å². The Bertz CT molecular complexity index is 1000. The van der Waals surface area contributed by atoms with Gasteiger partial charge in [-0.2, -0.15) is 0 Å². The fourth-order valence-electron chi connectivity index (χ4n) is 2.17. The first kappa shape index (κ1) is 19.6. The van der Waals surface area contributed by atoms with Crippen LogP contribution in [-0.2, 0) is 29.5 Å². The molecule has 2 aromatic carbocycles. The molecule has 25 heavy (non-hydrogen) atoms. The highest BCUT2D eigenvalue weighted by atomic mass is 32.3. The van der Waals surface area contributed by atoms with E-state index in [4.69, 9.17) is 0 Å². The van der Waals surface area contributed by atoms with E-state index >= 15 is 0 Å². The second kappa shape index (κ2) is 6.54. The lowest BCUT2D eigenvalue weighted by molar-refractivity contribution is 0.585. The highest BCUT2D eigenvalue weighted by Gasteiger charge is 2.34. The molecule has 2 aromatic rings. The van der Waals surface area contributed by atoms with Crippen molar-refractivity contribution < 1.29 is 25.3 Å². The molecule has 0 atom stereocenters. The number of aryl methyl sites for hydroxylation is 2. The molecule has 9 heteroatoms. The first-order chi connectivity index (χ1) is 11.4. The minimum absolute atomic E-state index is 0.394. The molecule has 6 nitrogen and oxygen atoms in total. The van der Waals surface area contributed by atoms with Crippen LogP contribution in [0.3, 0.4) is 0 Å². The lowest BCUT2D eigenvalue weighted by atomic mass is 10.2. The summed E-state index contributed by atoms with van der Waals surface area (Å²) in [6.07, 6.45) is 0.569. The van der Waals surface area contributed by atoms with Gasteiger partial charge in [0, 0.05) is 16.0 Å². The van der Waals surface area contributed by atoms with Gasteiger partial charge in [0.15, 0.2) is 0 Å². The van der Waals surface area contributed by atoms with Crippen LogP contribution >= 0.6 is 0 Å². The van der Waals surface area contributed by atoms with Crippen molar-refractivity contribution in [2.75, 3.05) is 6.26 Å². The summed E-state index contributed by atoms with van der Waals surface area (Å²) in [6.45, 7) is 3.45. The summed E-state index contributed by atoms with van der Waals surface area (Å²) in [6, 6.07) is 10.6. The van der Waals surface area contributed by atoms with Crippen LogP contribution in [0.1, 0.15) is 11.1 Å². The topological polar surface area (TPSA) is 102 Å². The van der Waals surface area contributed by atoms with Crippen molar-refractivity contribution in [3.63, 3.8) is 0 Å². The highest BCUT2D eigenvalue weighted by molar-refractivity contribution is 8.28. The van der Waals surface area contributed by atoms with Gasteiger partial charge in [-0.1, -0.05) is 35.4 Å². The zero-order chi connectivity index (χ0) is 19.0. The molecule has 0 saturated heterocycles. The Balaban J connectivity index is 2.73. The van der Waals surface area contributed by atoms with Crippen molar-refractivity contribution in [3.05, 3.63) is 63.6 Å². The molecular weight excluding hydrogens is 384 g/mol. The number of hydrogen-bond donors (Lipinski definition) is 0. The number of hydrogen-bond acceptors (Lipinski definition) is 6. The van der Waals surface area contributed by atoms with Crippen LogP contribution in [0.15, 0.2) is 58.3 Å². The van der Waals surface area contributed by atoms with E-state index in [0.717, 1.165) is 11.1 Å². The van der Waals surface area contributed by atoms with Crippen LogP contribution in [-0.4, -0.2) is 31.5 Å². The van der Waals surface area contributed by atoms with Crippen LogP contribution in [0.25, 0.3) is 0 Å². The van der Waals surface area contributed by atoms with Crippen molar-refractivity contribution in [1.29, 1.82) is 0 Å². The number of sulfone groups is 3. The number of rotatable bonds is 5. The molecule has 0 aromatic heterocycles. The third-order valence-corrected chi connectivity index (χ3v) is 11.1. The Kier molecular flexibility index (Phi) is 5.13. The molecule has 2 rings (SSSR count).